The number of hydrogen-bond acceptors (Lipinski definition) is 7. The van der Waals surface area contributed by atoms with Crippen LogP contribution in [-0.2, 0) is 14.6 Å². The van der Waals surface area contributed by atoms with Gasteiger partial charge in [0.25, 0.3) is 5.95 Å². The Morgan fingerprint density at radius 1 is 1.10 bits per heavy atom. The van der Waals surface area contributed by atoms with E-state index in [0.29, 0.717) is 11.3 Å². The normalized spacial score (nSPS) is 18.8. The number of carbonyl (C=O) groups is 1. The number of aliphatic imine (C=N–C) groups is 1. The Kier molecular flexibility index (Phi) is 4.50. The van der Waals surface area contributed by atoms with Crippen molar-refractivity contribution in [2.24, 2.45) is 10.9 Å². The summed E-state index contributed by atoms with van der Waals surface area (Å²) in [5, 5.41) is 21.3. The van der Waals surface area contributed by atoms with Gasteiger partial charge in [-0.2, -0.15) is 0 Å². The van der Waals surface area contributed by atoms with Crippen molar-refractivity contribution in [3.05, 3.63) is 54.1 Å². The van der Waals surface area contributed by atoms with Crippen LogP contribution in [0.15, 0.2) is 58.4 Å². The number of tetrazole rings is 1. The van der Waals surface area contributed by atoms with Crippen molar-refractivity contribution >= 4 is 27.5 Å². The highest BCUT2D eigenvalue weighted by atomic mass is 32.2. The molecule has 2 atom stereocenters. The highest BCUT2D eigenvalue weighted by Crippen LogP contribution is 2.39. The van der Waals surface area contributed by atoms with Crippen molar-refractivity contribution in [2.45, 2.75) is 17.9 Å². The Balaban J connectivity index is 1.89. The van der Waals surface area contributed by atoms with Gasteiger partial charge in [-0.05, 0) is 46.2 Å². The lowest BCUT2D eigenvalue weighted by Gasteiger charge is -2.29. The van der Waals surface area contributed by atoms with Crippen molar-refractivity contribution in [1.82, 2.24) is 20.2 Å². The molecule has 2 unspecified atom stereocenters. The molecule has 0 radical (unpaired) electrons. The fourth-order valence-corrected chi connectivity index (χ4v) is 4.19. The molecule has 0 saturated heterocycles. The van der Waals surface area contributed by atoms with Crippen LogP contribution in [0.25, 0.3) is 11.1 Å². The number of rotatable bonds is 4. The summed E-state index contributed by atoms with van der Waals surface area (Å²) in [4.78, 5) is 16.5. The Bertz CT molecular complexity index is 1230. The van der Waals surface area contributed by atoms with Crippen molar-refractivity contribution in [3.63, 3.8) is 0 Å². The minimum atomic E-state index is -3.32. The van der Waals surface area contributed by atoms with Gasteiger partial charge in [-0.25, -0.2) is 18.1 Å². The Morgan fingerprint density at radius 3 is 2.45 bits per heavy atom. The molecule has 0 spiro atoms. The van der Waals surface area contributed by atoms with E-state index < -0.39 is 27.8 Å². The van der Waals surface area contributed by atoms with Gasteiger partial charge in [-0.3, -0.25) is 4.79 Å². The van der Waals surface area contributed by atoms with Crippen LogP contribution < -0.4 is 0 Å². The smallest absolute Gasteiger partial charge is 0.314 e. The monoisotopic (exact) mass is 411 g/mol. The highest BCUT2D eigenvalue weighted by Gasteiger charge is 2.40. The summed E-state index contributed by atoms with van der Waals surface area (Å²) in [6.07, 6.45) is 1.15. The highest BCUT2D eigenvalue weighted by molar-refractivity contribution is 7.90. The number of aromatic nitrogens is 4. The van der Waals surface area contributed by atoms with Crippen LogP contribution in [0.2, 0.25) is 0 Å². The number of benzene rings is 2. The Hall–Kier alpha value is -3.40. The molecule has 0 aliphatic carbocycles. The first kappa shape index (κ1) is 18.9. The molecule has 148 valence electrons. The second kappa shape index (κ2) is 6.89. The second-order valence-corrected chi connectivity index (χ2v) is 8.84. The number of hydrogen-bond donors (Lipinski definition) is 1. The molecule has 3 aromatic rings. The van der Waals surface area contributed by atoms with Gasteiger partial charge in [0.05, 0.1) is 4.90 Å². The quantitative estimate of drug-likeness (QED) is 0.696. The first-order valence-corrected chi connectivity index (χ1v) is 10.6. The zero-order valence-corrected chi connectivity index (χ0v) is 16.4. The van der Waals surface area contributed by atoms with Gasteiger partial charge in [0, 0.05) is 12.0 Å². The molecule has 0 amide bonds. The van der Waals surface area contributed by atoms with Crippen LogP contribution in [-0.4, -0.2) is 51.7 Å². The zero-order chi connectivity index (χ0) is 20.8. The third-order valence-electron chi connectivity index (χ3n) is 4.92. The van der Waals surface area contributed by atoms with Crippen LogP contribution >= 0.6 is 0 Å². The van der Waals surface area contributed by atoms with E-state index >= 15 is 0 Å². The lowest BCUT2D eigenvalue weighted by atomic mass is 9.84. The molecule has 2 heterocycles. The third-order valence-corrected chi connectivity index (χ3v) is 6.05. The Labute approximate surface area is 166 Å². The minimum Gasteiger partial charge on any atom is -0.481 e. The molecule has 0 saturated carbocycles. The number of aliphatic carboxylic acids is 1. The summed E-state index contributed by atoms with van der Waals surface area (Å²) in [6.45, 7) is 1.65. The molecule has 4 rings (SSSR count). The molecule has 9 nitrogen and oxygen atoms in total. The Morgan fingerprint density at radius 2 is 1.79 bits per heavy atom. The van der Waals surface area contributed by atoms with Gasteiger partial charge in [-0.15, -0.1) is 0 Å². The van der Waals surface area contributed by atoms with E-state index in [1.54, 1.807) is 19.1 Å². The third kappa shape index (κ3) is 3.31. The minimum absolute atomic E-state index is 0.213. The first-order valence-electron chi connectivity index (χ1n) is 8.72. The van der Waals surface area contributed by atoms with E-state index in [1.807, 2.05) is 24.3 Å². The van der Waals surface area contributed by atoms with Crippen LogP contribution in [0.3, 0.4) is 0 Å². The van der Waals surface area contributed by atoms with E-state index in [0.717, 1.165) is 17.4 Å². The first-order chi connectivity index (χ1) is 13.8. The van der Waals surface area contributed by atoms with Crippen LogP contribution in [0.5, 0.6) is 0 Å². The van der Waals surface area contributed by atoms with E-state index in [-0.39, 0.29) is 10.8 Å². The standard InChI is InChI=1S/C19H17N5O4S/c1-11-16(18(25)26)17(24-19(20-11)21-22-23-24)15-6-4-3-5-14(15)12-7-9-13(10-8-12)29(2,27)28/h3-10,16-17H,1-2H3,(H,25,26). The second-order valence-electron chi connectivity index (χ2n) is 6.82. The molecule has 0 bridgehead atoms. The van der Waals surface area contributed by atoms with Gasteiger partial charge in [0.1, 0.15) is 12.0 Å². The molecular formula is C19H17N5O4S. The van der Waals surface area contributed by atoms with Gasteiger partial charge in [0.2, 0.25) is 0 Å². The summed E-state index contributed by atoms with van der Waals surface area (Å²) in [6, 6.07) is 13.1. The topological polar surface area (TPSA) is 127 Å². The molecule has 29 heavy (non-hydrogen) atoms. The lowest BCUT2D eigenvalue weighted by Crippen LogP contribution is -2.36. The molecule has 1 aliphatic rings. The molecule has 2 aromatic carbocycles. The van der Waals surface area contributed by atoms with Gasteiger partial charge in [-0.1, -0.05) is 41.5 Å². The van der Waals surface area contributed by atoms with Gasteiger partial charge in [0.15, 0.2) is 9.84 Å². The maximum atomic E-state index is 12.1. The molecule has 0 fully saturated rings. The average molecular weight is 411 g/mol. The zero-order valence-electron chi connectivity index (χ0n) is 15.6. The number of carboxylic acids is 1. The number of nitrogens with zero attached hydrogens (tertiary/aromatic N) is 5. The molecule has 1 aromatic heterocycles. The predicted molar refractivity (Wildman–Crippen MR) is 105 cm³/mol. The fourth-order valence-electron chi connectivity index (χ4n) is 3.56. The fraction of sp³-hybridized carbons (Fsp3) is 0.211. The number of fused-ring (bicyclic) bond motifs is 1. The largest absolute Gasteiger partial charge is 0.481 e. The van der Waals surface area contributed by atoms with Gasteiger partial charge >= 0.3 is 5.97 Å². The van der Waals surface area contributed by atoms with E-state index in [1.165, 1.54) is 16.8 Å². The molecule has 1 aliphatic heterocycles. The SMILES string of the molecule is CC1=Nc2nnnn2C(c2ccccc2-c2ccc(S(C)(=O)=O)cc2)C1C(=O)O. The van der Waals surface area contributed by atoms with E-state index in [9.17, 15) is 18.3 Å². The van der Waals surface area contributed by atoms with Crippen molar-refractivity contribution < 1.29 is 18.3 Å². The maximum Gasteiger partial charge on any atom is 0.314 e. The molecule has 1 N–H and O–H groups in total. The molecule has 10 heteroatoms. The lowest BCUT2D eigenvalue weighted by molar-refractivity contribution is -0.140. The average Bonchev–Trinajstić information content (AvgIpc) is 3.14. The van der Waals surface area contributed by atoms with Crippen molar-refractivity contribution in [1.29, 1.82) is 0 Å². The summed E-state index contributed by atoms with van der Waals surface area (Å²) >= 11 is 0. The van der Waals surface area contributed by atoms with Gasteiger partial charge < -0.3 is 5.11 Å². The van der Waals surface area contributed by atoms with Crippen LogP contribution in [0.4, 0.5) is 5.95 Å². The van der Waals surface area contributed by atoms with E-state index in [2.05, 4.69) is 20.5 Å². The van der Waals surface area contributed by atoms with E-state index in [4.69, 9.17) is 0 Å². The summed E-state index contributed by atoms with van der Waals surface area (Å²) in [5.41, 5.74) is 2.63. The summed E-state index contributed by atoms with van der Waals surface area (Å²) in [5.74, 6) is -1.73. The maximum absolute atomic E-state index is 12.1. The predicted octanol–water partition coefficient (Wildman–Crippen LogP) is 2.14. The number of sulfone groups is 1. The van der Waals surface area contributed by atoms with Crippen molar-refractivity contribution in [3.8, 4) is 11.1 Å². The number of carboxylic acid groups (broad SMARTS) is 1. The van der Waals surface area contributed by atoms with Crippen molar-refractivity contribution in [2.75, 3.05) is 6.26 Å². The summed E-state index contributed by atoms with van der Waals surface area (Å²) < 4.78 is 24.9. The van der Waals surface area contributed by atoms with Crippen LogP contribution in [0.1, 0.15) is 18.5 Å². The molecular weight excluding hydrogens is 394 g/mol. The summed E-state index contributed by atoms with van der Waals surface area (Å²) in [7, 11) is -3.32. The van der Waals surface area contributed by atoms with Crippen LogP contribution in [0, 0.1) is 5.92 Å².